The second-order valence-corrected chi connectivity index (χ2v) is 7.40. The minimum absolute atomic E-state index is 0.106. The summed E-state index contributed by atoms with van der Waals surface area (Å²) >= 11 is 0. The molecule has 3 rings (SSSR count). The van der Waals surface area contributed by atoms with E-state index in [0.29, 0.717) is 30.7 Å². The number of hydrogen-bond acceptors (Lipinski definition) is 8. The van der Waals surface area contributed by atoms with E-state index in [1.165, 1.54) is 11.0 Å². The van der Waals surface area contributed by atoms with Crippen LogP contribution in [0.25, 0.3) is 11.1 Å². The van der Waals surface area contributed by atoms with Crippen LogP contribution in [0.2, 0.25) is 0 Å². The molecule has 2 aromatic heterocycles. The Labute approximate surface area is 160 Å². The quantitative estimate of drug-likeness (QED) is 0.792. The van der Waals surface area contributed by atoms with Crippen LogP contribution in [0.5, 0.6) is 6.01 Å². The molecule has 0 aromatic carbocycles. The smallest absolute Gasteiger partial charge is 0.410 e. The van der Waals surface area contributed by atoms with Crippen LogP contribution < -0.4 is 16.0 Å². The molecule has 3 heterocycles. The first kappa shape index (κ1) is 19.6. The fraction of sp³-hybridized carbons (Fsp3) is 0.500. The maximum absolute atomic E-state index is 12.3. The van der Waals surface area contributed by atoms with Gasteiger partial charge in [-0.2, -0.15) is 4.98 Å². The molecule has 1 fully saturated rings. The predicted octanol–water partition coefficient (Wildman–Crippen LogP) is 1.81. The summed E-state index contributed by atoms with van der Waals surface area (Å²) in [5, 5.41) is 4.16. The third-order valence-corrected chi connectivity index (χ3v) is 4.01. The number of hydrogen-bond donors (Lipinski definition) is 1. The number of rotatable bonds is 3. The number of oxime groups is 1. The van der Waals surface area contributed by atoms with Crippen molar-refractivity contribution < 1.29 is 18.8 Å². The molecule has 1 saturated heterocycles. The molecular formula is C18H22N4O6. The highest BCUT2D eigenvalue weighted by molar-refractivity contribution is 5.91. The highest BCUT2D eigenvalue weighted by atomic mass is 16.6. The van der Waals surface area contributed by atoms with E-state index < -0.39 is 22.9 Å². The maximum Gasteiger partial charge on any atom is 0.410 e. The first-order chi connectivity index (χ1) is 13.2. The van der Waals surface area contributed by atoms with Gasteiger partial charge in [0.15, 0.2) is 0 Å². The Morgan fingerprint density at radius 1 is 1.39 bits per heavy atom. The van der Waals surface area contributed by atoms with E-state index in [1.807, 2.05) is 6.92 Å². The summed E-state index contributed by atoms with van der Waals surface area (Å²) in [6, 6.07) is 1.07. The van der Waals surface area contributed by atoms with Gasteiger partial charge in [-0.3, -0.25) is 9.78 Å². The Bertz CT molecular complexity index is 1050. The van der Waals surface area contributed by atoms with Gasteiger partial charge in [-0.25, -0.2) is 9.59 Å². The van der Waals surface area contributed by atoms with E-state index in [9.17, 15) is 14.4 Å². The molecule has 1 N–H and O–H groups in total. The molecule has 0 atom stereocenters. The lowest BCUT2D eigenvalue weighted by molar-refractivity contribution is 0.0302. The molecule has 0 aliphatic carbocycles. The van der Waals surface area contributed by atoms with Crippen molar-refractivity contribution in [2.45, 2.75) is 46.1 Å². The van der Waals surface area contributed by atoms with Crippen molar-refractivity contribution in [2.24, 2.45) is 5.16 Å². The Kier molecular flexibility index (Phi) is 5.21. The molecule has 150 valence electrons. The van der Waals surface area contributed by atoms with Gasteiger partial charge in [-0.15, -0.1) is 0 Å². The highest BCUT2D eigenvalue weighted by Gasteiger charge is 2.28. The SMILES string of the molecule is CCc1cc(=O)oc2nc(O/N=C3\CCN(C(=O)OC(C)(C)C)C3)[nH]c(=O)c12. The Balaban J connectivity index is 1.76. The van der Waals surface area contributed by atoms with Crippen LogP contribution in [0.4, 0.5) is 4.79 Å². The Morgan fingerprint density at radius 2 is 2.14 bits per heavy atom. The van der Waals surface area contributed by atoms with Gasteiger partial charge >= 0.3 is 17.7 Å². The maximum atomic E-state index is 12.3. The van der Waals surface area contributed by atoms with Gasteiger partial charge in [0.25, 0.3) is 5.56 Å². The van der Waals surface area contributed by atoms with Crippen LogP contribution in [0, 0.1) is 0 Å². The molecule has 28 heavy (non-hydrogen) atoms. The molecule has 1 amide bonds. The summed E-state index contributed by atoms with van der Waals surface area (Å²) in [6.07, 6.45) is 0.561. The summed E-state index contributed by atoms with van der Waals surface area (Å²) in [5.41, 5.74) is -0.626. The van der Waals surface area contributed by atoms with Gasteiger partial charge in [-0.05, 0) is 32.8 Å². The molecule has 0 spiro atoms. The number of carbonyl (C=O) groups excluding carboxylic acids is 1. The van der Waals surface area contributed by atoms with E-state index >= 15 is 0 Å². The van der Waals surface area contributed by atoms with Gasteiger partial charge in [0, 0.05) is 19.0 Å². The summed E-state index contributed by atoms with van der Waals surface area (Å²) < 4.78 is 10.3. The van der Waals surface area contributed by atoms with Crippen LogP contribution in [0.1, 0.15) is 39.7 Å². The van der Waals surface area contributed by atoms with E-state index in [1.54, 1.807) is 20.8 Å². The van der Waals surface area contributed by atoms with Crippen LogP contribution in [0.3, 0.4) is 0 Å². The standard InChI is InChI=1S/C18H22N4O6/c1-5-10-8-12(23)26-15-13(10)14(24)19-16(20-15)28-21-11-6-7-22(9-11)17(25)27-18(2,3)4/h8H,5-7,9H2,1-4H3,(H,19,20,24)/b21-11+. The van der Waals surface area contributed by atoms with Crippen molar-refractivity contribution >= 4 is 22.9 Å². The molecule has 0 saturated carbocycles. The predicted molar refractivity (Wildman–Crippen MR) is 101 cm³/mol. The highest BCUT2D eigenvalue weighted by Crippen LogP contribution is 2.16. The van der Waals surface area contributed by atoms with Crippen molar-refractivity contribution in [3.63, 3.8) is 0 Å². The molecule has 1 aliphatic rings. The second-order valence-electron chi connectivity index (χ2n) is 7.40. The third-order valence-electron chi connectivity index (χ3n) is 4.01. The van der Waals surface area contributed by atoms with E-state index in [0.717, 1.165) is 0 Å². The number of aryl methyl sites for hydroxylation is 1. The van der Waals surface area contributed by atoms with Crippen molar-refractivity contribution in [2.75, 3.05) is 13.1 Å². The number of aromatic amines is 1. The molecule has 10 heteroatoms. The molecule has 0 bridgehead atoms. The number of carbonyl (C=O) groups is 1. The molecule has 0 unspecified atom stereocenters. The lowest BCUT2D eigenvalue weighted by atomic mass is 10.1. The average Bonchev–Trinajstić information content (AvgIpc) is 3.06. The lowest BCUT2D eigenvalue weighted by Crippen LogP contribution is -2.35. The van der Waals surface area contributed by atoms with Crippen molar-refractivity contribution in [3.8, 4) is 6.01 Å². The normalized spacial score (nSPS) is 16.0. The van der Waals surface area contributed by atoms with Crippen LogP contribution in [0.15, 0.2) is 25.2 Å². The minimum atomic E-state index is -0.594. The largest absolute Gasteiger partial charge is 0.444 e. The molecular weight excluding hydrogens is 368 g/mol. The number of nitrogens with one attached hydrogen (secondary N) is 1. The molecule has 1 aliphatic heterocycles. The summed E-state index contributed by atoms with van der Waals surface area (Å²) in [6.45, 7) is 7.91. The van der Waals surface area contributed by atoms with Crippen LogP contribution in [-0.4, -0.2) is 45.4 Å². The van der Waals surface area contributed by atoms with Gasteiger partial charge in [0.2, 0.25) is 5.71 Å². The average molecular weight is 390 g/mol. The van der Waals surface area contributed by atoms with Gasteiger partial charge in [0.1, 0.15) is 11.0 Å². The van der Waals surface area contributed by atoms with Crippen LogP contribution in [-0.2, 0) is 11.2 Å². The second kappa shape index (κ2) is 7.45. The summed E-state index contributed by atoms with van der Waals surface area (Å²) in [4.78, 5) is 49.2. The fourth-order valence-electron chi connectivity index (χ4n) is 2.76. The van der Waals surface area contributed by atoms with E-state index in [4.69, 9.17) is 14.0 Å². The van der Waals surface area contributed by atoms with Crippen LogP contribution >= 0.6 is 0 Å². The summed E-state index contributed by atoms with van der Waals surface area (Å²) in [5.74, 6) is 0. The number of likely N-dealkylation sites (tertiary alicyclic amines) is 1. The first-order valence-corrected chi connectivity index (χ1v) is 8.94. The van der Waals surface area contributed by atoms with E-state index in [-0.39, 0.29) is 23.7 Å². The topological polar surface area (TPSA) is 127 Å². The number of aromatic nitrogens is 2. The van der Waals surface area contributed by atoms with Crippen molar-refractivity contribution in [1.82, 2.24) is 14.9 Å². The summed E-state index contributed by atoms with van der Waals surface area (Å²) in [7, 11) is 0. The van der Waals surface area contributed by atoms with Gasteiger partial charge in [-0.1, -0.05) is 12.1 Å². The first-order valence-electron chi connectivity index (χ1n) is 8.94. The number of amides is 1. The Morgan fingerprint density at radius 3 is 2.82 bits per heavy atom. The number of nitrogens with zero attached hydrogens (tertiary/aromatic N) is 3. The minimum Gasteiger partial charge on any atom is -0.444 e. The molecule has 2 aromatic rings. The third kappa shape index (κ3) is 4.38. The zero-order valence-electron chi connectivity index (χ0n) is 16.2. The van der Waals surface area contributed by atoms with Crippen molar-refractivity contribution in [3.05, 3.63) is 32.4 Å². The number of H-pyrrole nitrogens is 1. The van der Waals surface area contributed by atoms with Gasteiger partial charge in [0.05, 0.1) is 12.3 Å². The van der Waals surface area contributed by atoms with Crippen molar-refractivity contribution in [1.29, 1.82) is 0 Å². The van der Waals surface area contributed by atoms with E-state index in [2.05, 4.69) is 15.1 Å². The number of ether oxygens (including phenoxy) is 1. The fourth-order valence-corrected chi connectivity index (χ4v) is 2.76. The zero-order valence-corrected chi connectivity index (χ0v) is 16.2. The van der Waals surface area contributed by atoms with Gasteiger partial charge < -0.3 is 18.9 Å². The molecule has 10 nitrogen and oxygen atoms in total. The molecule has 0 radical (unpaired) electrons. The monoisotopic (exact) mass is 390 g/mol. The Hall–Kier alpha value is -3.17. The zero-order chi connectivity index (χ0) is 20.5. The number of fused-ring (bicyclic) bond motifs is 1. The lowest BCUT2D eigenvalue weighted by Gasteiger charge is -2.23.